The summed E-state index contributed by atoms with van der Waals surface area (Å²) in [6, 6.07) is 11.5. The zero-order valence-corrected chi connectivity index (χ0v) is 17.2. The van der Waals surface area contributed by atoms with E-state index in [1.54, 1.807) is 17.3 Å². The van der Waals surface area contributed by atoms with Crippen LogP contribution in [-0.4, -0.2) is 72.9 Å². The van der Waals surface area contributed by atoms with Gasteiger partial charge in [0.25, 0.3) is 0 Å². The van der Waals surface area contributed by atoms with Crippen molar-refractivity contribution in [2.75, 3.05) is 56.5 Å². The lowest BCUT2D eigenvalue weighted by atomic mass is 10.2. The summed E-state index contributed by atoms with van der Waals surface area (Å²) in [6.45, 7) is 6.92. The standard InChI is InChI=1S/C22H29N5O2/c1-3-26(13-10-18-8-11-23-12-9-18)22(29)21(28)24-19-4-6-20(7-5-19)27-16-14-25(2)15-17-27/h4-9,11-12H,3,10,13-17H2,1-2H3,(H,24,28). The van der Waals surface area contributed by atoms with Crippen LogP contribution in [0.2, 0.25) is 0 Å². The van der Waals surface area contributed by atoms with E-state index in [1.165, 1.54) is 0 Å². The molecule has 0 bridgehead atoms. The molecule has 0 spiro atoms. The van der Waals surface area contributed by atoms with Gasteiger partial charge in [-0.25, -0.2) is 0 Å². The lowest BCUT2D eigenvalue weighted by molar-refractivity contribution is -0.143. The van der Waals surface area contributed by atoms with Crippen molar-refractivity contribution >= 4 is 23.2 Å². The molecular formula is C22H29N5O2. The Kier molecular flexibility index (Phi) is 7.19. The summed E-state index contributed by atoms with van der Waals surface area (Å²) in [4.78, 5) is 35.1. The summed E-state index contributed by atoms with van der Waals surface area (Å²) < 4.78 is 0. The van der Waals surface area contributed by atoms with Crippen molar-refractivity contribution in [2.45, 2.75) is 13.3 Å². The monoisotopic (exact) mass is 395 g/mol. The van der Waals surface area contributed by atoms with Crippen molar-refractivity contribution in [3.63, 3.8) is 0 Å². The first-order valence-corrected chi connectivity index (χ1v) is 10.1. The smallest absolute Gasteiger partial charge is 0.313 e. The molecule has 1 fully saturated rings. The summed E-state index contributed by atoms with van der Waals surface area (Å²) in [5, 5.41) is 2.72. The Morgan fingerprint density at radius 3 is 2.31 bits per heavy atom. The summed E-state index contributed by atoms with van der Waals surface area (Å²) in [5.74, 6) is -1.11. The van der Waals surface area contributed by atoms with Crippen LogP contribution < -0.4 is 10.2 Å². The predicted molar refractivity (Wildman–Crippen MR) is 115 cm³/mol. The van der Waals surface area contributed by atoms with Crippen LogP contribution in [-0.2, 0) is 16.0 Å². The van der Waals surface area contributed by atoms with E-state index in [-0.39, 0.29) is 0 Å². The maximum absolute atomic E-state index is 12.5. The molecule has 29 heavy (non-hydrogen) atoms. The number of amides is 2. The zero-order chi connectivity index (χ0) is 20.6. The fourth-order valence-corrected chi connectivity index (χ4v) is 3.37. The molecule has 7 heteroatoms. The first-order valence-electron chi connectivity index (χ1n) is 10.1. The average molecular weight is 396 g/mol. The number of nitrogens with zero attached hydrogens (tertiary/aromatic N) is 4. The van der Waals surface area contributed by atoms with E-state index in [4.69, 9.17) is 0 Å². The SMILES string of the molecule is CCN(CCc1ccncc1)C(=O)C(=O)Nc1ccc(N2CCN(C)CC2)cc1. The highest BCUT2D eigenvalue weighted by molar-refractivity contribution is 6.39. The second kappa shape index (κ2) is 10.0. The maximum Gasteiger partial charge on any atom is 0.313 e. The third-order valence-corrected chi connectivity index (χ3v) is 5.28. The molecule has 0 radical (unpaired) electrons. The van der Waals surface area contributed by atoms with Crippen molar-refractivity contribution in [2.24, 2.45) is 0 Å². The third-order valence-electron chi connectivity index (χ3n) is 5.28. The van der Waals surface area contributed by atoms with Crippen LogP contribution in [0.3, 0.4) is 0 Å². The molecule has 2 amide bonds. The van der Waals surface area contributed by atoms with Gasteiger partial charge in [0.05, 0.1) is 0 Å². The van der Waals surface area contributed by atoms with E-state index in [1.807, 2.05) is 43.3 Å². The van der Waals surface area contributed by atoms with E-state index < -0.39 is 11.8 Å². The molecule has 7 nitrogen and oxygen atoms in total. The maximum atomic E-state index is 12.5. The van der Waals surface area contributed by atoms with Crippen LogP contribution in [0, 0.1) is 0 Å². The van der Waals surface area contributed by atoms with E-state index in [0.29, 0.717) is 25.2 Å². The number of aromatic nitrogens is 1. The van der Waals surface area contributed by atoms with Crippen LogP contribution in [0.15, 0.2) is 48.8 Å². The molecule has 2 aromatic rings. The molecule has 1 aromatic carbocycles. The van der Waals surface area contributed by atoms with Gasteiger partial charge < -0.3 is 20.0 Å². The van der Waals surface area contributed by atoms with Gasteiger partial charge in [0.15, 0.2) is 0 Å². The molecule has 154 valence electrons. The number of pyridine rings is 1. The minimum absolute atomic E-state index is 0.486. The first kappa shape index (κ1) is 20.8. The van der Waals surface area contributed by atoms with Crippen LogP contribution in [0.5, 0.6) is 0 Å². The Hall–Kier alpha value is -2.93. The lowest BCUT2D eigenvalue weighted by Crippen LogP contribution is -2.44. The molecule has 0 aliphatic carbocycles. The Morgan fingerprint density at radius 1 is 1.03 bits per heavy atom. The Morgan fingerprint density at radius 2 is 1.69 bits per heavy atom. The molecule has 3 rings (SSSR count). The molecule has 1 aliphatic heterocycles. The van der Waals surface area contributed by atoms with Crippen molar-refractivity contribution in [3.05, 3.63) is 54.4 Å². The molecule has 0 atom stereocenters. The first-order chi connectivity index (χ1) is 14.1. The van der Waals surface area contributed by atoms with E-state index in [9.17, 15) is 9.59 Å². The second-order valence-electron chi connectivity index (χ2n) is 7.28. The largest absolute Gasteiger partial charge is 0.369 e. The Balaban J connectivity index is 1.53. The molecule has 1 N–H and O–H groups in total. The van der Waals surface area contributed by atoms with Gasteiger partial charge in [-0.3, -0.25) is 14.6 Å². The van der Waals surface area contributed by atoms with Crippen LogP contribution in [0.4, 0.5) is 11.4 Å². The van der Waals surface area contributed by atoms with Crippen molar-refractivity contribution in [1.29, 1.82) is 0 Å². The number of rotatable bonds is 6. The fourth-order valence-electron chi connectivity index (χ4n) is 3.37. The fraction of sp³-hybridized carbons (Fsp3) is 0.409. The number of benzene rings is 1. The van der Waals surface area contributed by atoms with Crippen LogP contribution >= 0.6 is 0 Å². The van der Waals surface area contributed by atoms with Gasteiger partial charge in [-0.15, -0.1) is 0 Å². The normalized spacial score (nSPS) is 14.5. The van der Waals surface area contributed by atoms with Crippen LogP contribution in [0.1, 0.15) is 12.5 Å². The van der Waals surface area contributed by atoms with E-state index >= 15 is 0 Å². The van der Waals surface area contributed by atoms with Gasteiger partial charge in [0.2, 0.25) is 0 Å². The number of hydrogen-bond donors (Lipinski definition) is 1. The van der Waals surface area contributed by atoms with Crippen molar-refractivity contribution < 1.29 is 9.59 Å². The van der Waals surface area contributed by atoms with Gasteiger partial charge in [-0.2, -0.15) is 0 Å². The summed E-state index contributed by atoms with van der Waals surface area (Å²) in [5.41, 5.74) is 2.85. The minimum Gasteiger partial charge on any atom is -0.369 e. The number of carbonyl (C=O) groups is 2. The summed E-state index contributed by atoms with van der Waals surface area (Å²) in [6.07, 6.45) is 4.15. The molecule has 1 aliphatic rings. The molecule has 0 saturated carbocycles. The predicted octanol–water partition coefficient (Wildman–Crippen LogP) is 1.86. The highest BCUT2D eigenvalue weighted by Gasteiger charge is 2.21. The lowest BCUT2D eigenvalue weighted by Gasteiger charge is -2.34. The van der Waals surface area contributed by atoms with Gasteiger partial charge in [-0.1, -0.05) is 0 Å². The highest BCUT2D eigenvalue weighted by atomic mass is 16.2. The highest BCUT2D eigenvalue weighted by Crippen LogP contribution is 2.19. The number of likely N-dealkylation sites (N-methyl/N-ethyl adjacent to an activating group) is 2. The van der Waals surface area contributed by atoms with E-state index in [2.05, 4.69) is 27.1 Å². The molecule has 0 unspecified atom stereocenters. The average Bonchev–Trinajstić information content (AvgIpc) is 2.76. The topological polar surface area (TPSA) is 68.8 Å². The minimum atomic E-state index is -0.603. The second-order valence-corrected chi connectivity index (χ2v) is 7.28. The van der Waals surface area contributed by atoms with Gasteiger partial charge in [-0.05, 0) is 62.4 Å². The number of anilines is 2. The number of carbonyl (C=O) groups excluding carboxylic acids is 2. The van der Waals surface area contributed by atoms with E-state index in [0.717, 1.165) is 37.4 Å². The van der Waals surface area contributed by atoms with Crippen LogP contribution in [0.25, 0.3) is 0 Å². The zero-order valence-electron chi connectivity index (χ0n) is 17.2. The number of piperazine rings is 1. The summed E-state index contributed by atoms with van der Waals surface area (Å²) in [7, 11) is 2.13. The van der Waals surface area contributed by atoms with Crippen molar-refractivity contribution in [1.82, 2.24) is 14.8 Å². The summed E-state index contributed by atoms with van der Waals surface area (Å²) >= 11 is 0. The molecular weight excluding hydrogens is 366 g/mol. The van der Waals surface area contributed by atoms with Gasteiger partial charge in [0, 0.05) is 63.0 Å². The Labute approximate surface area is 172 Å². The quantitative estimate of drug-likeness (QED) is 0.756. The van der Waals surface area contributed by atoms with Crippen molar-refractivity contribution in [3.8, 4) is 0 Å². The molecule has 1 saturated heterocycles. The molecule has 2 heterocycles. The number of hydrogen-bond acceptors (Lipinski definition) is 5. The third kappa shape index (κ3) is 5.77. The Bertz CT molecular complexity index is 802. The van der Waals surface area contributed by atoms with Gasteiger partial charge in [0.1, 0.15) is 0 Å². The molecule has 1 aromatic heterocycles. The van der Waals surface area contributed by atoms with Gasteiger partial charge >= 0.3 is 11.8 Å². The number of nitrogens with one attached hydrogen (secondary N) is 1.